The molecule has 84 valence electrons. The molecule has 0 heterocycles. The quantitative estimate of drug-likeness (QED) is 0.466. The molecule has 2 nitrogen and oxygen atoms in total. The molecule has 2 rings (SSSR count). The molecule has 0 aromatic heterocycles. The lowest BCUT2D eigenvalue weighted by Gasteiger charge is -2.44. The smallest absolute Gasteiger partial charge is 0.0314 e. The van der Waals surface area contributed by atoms with Crippen molar-refractivity contribution in [3.8, 4) is 0 Å². The molecule has 2 heteroatoms. The van der Waals surface area contributed by atoms with Gasteiger partial charge in [0.05, 0.1) is 0 Å². The van der Waals surface area contributed by atoms with Crippen LogP contribution in [0, 0.1) is 0 Å². The van der Waals surface area contributed by atoms with E-state index < -0.39 is 0 Å². The Bertz CT molecular complexity index is 229. The van der Waals surface area contributed by atoms with Gasteiger partial charge in [-0.1, -0.05) is 18.6 Å². The van der Waals surface area contributed by atoms with Crippen LogP contribution in [0.3, 0.4) is 0 Å². The van der Waals surface area contributed by atoms with Crippen LogP contribution in [-0.4, -0.2) is 35.2 Å². The van der Waals surface area contributed by atoms with E-state index in [9.17, 15) is 0 Å². The largest absolute Gasteiger partial charge is 0.234 e. The van der Waals surface area contributed by atoms with Gasteiger partial charge in [-0.15, -0.1) is 13.2 Å². The maximum atomic E-state index is 3.87. The second-order valence-corrected chi connectivity index (χ2v) is 4.64. The summed E-state index contributed by atoms with van der Waals surface area (Å²) in [5.41, 5.74) is 0. The molecule has 0 spiro atoms. The van der Waals surface area contributed by atoms with Crippen molar-refractivity contribution in [2.75, 3.05) is 13.1 Å². The maximum absolute atomic E-state index is 3.87. The molecular weight excluding hydrogens is 184 g/mol. The fourth-order valence-electron chi connectivity index (χ4n) is 2.25. The van der Waals surface area contributed by atoms with Gasteiger partial charge in [0.1, 0.15) is 0 Å². The van der Waals surface area contributed by atoms with Gasteiger partial charge in [-0.05, 0) is 25.7 Å². The second kappa shape index (κ2) is 4.95. The highest BCUT2D eigenvalue weighted by molar-refractivity contribution is 4.92. The van der Waals surface area contributed by atoms with Crippen molar-refractivity contribution in [3.63, 3.8) is 0 Å². The molecule has 2 saturated carbocycles. The van der Waals surface area contributed by atoms with E-state index in [1.54, 1.807) is 0 Å². The van der Waals surface area contributed by atoms with E-state index >= 15 is 0 Å². The second-order valence-electron chi connectivity index (χ2n) is 4.64. The normalized spacial score (nSPS) is 21.7. The van der Waals surface area contributed by atoms with Crippen LogP contribution in [0.5, 0.6) is 0 Å². The van der Waals surface area contributed by atoms with Crippen LogP contribution in [0.2, 0.25) is 0 Å². The van der Waals surface area contributed by atoms with Gasteiger partial charge in [0.15, 0.2) is 0 Å². The lowest BCUT2D eigenvalue weighted by atomic mass is 9.92. The van der Waals surface area contributed by atoms with E-state index in [4.69, 9.17) is 0 Å². The number of rotatable bonds is 7. The summed E-state index contributed by atoms with van der Waals surface area (Å²) in [6.07, 6.45) is 10.9. The molecular formula is C13H22N2. The molecule has 0 atom stereocenters. The van der Waals surface area contributed by atoms with Crippen molar-refractivity contribution in [3.05, 3.63) is 25.3 Å². The molecule has 2 aliphatic carbocycles. The van der Waals surface area contributed by atoms with Crippen molar-refractivity contribution in [1.29, 1.82) is 0 Å². The van der Waals surface area contributed by atoms with Crippen LogP contribution in [0.15, 0.2) is 25.3 Å². The van der Waals surface area contributed by atoms with Crippen molar-refractivity contribution >= 4 is 0 Å². The highest BCUT2D eigenvalue weighted by Crippen LogP contribution is 2.33. The minimum atomic E-state index is 0.767. The summed E-state index contributed by atoms with van der Waals surface area (Å²) >= 11 is 0. The standard InChI is InChI=1S/C13H22N2/c1-3-10-14(12-6-5-7-12)15(11-4-2)13-8-9-13/h3-4,12-13H,1-2,5-11H2. The third-order valence-corrected chi connectivity index (χ3v) is 3.43. The first-order valence-corrected chi connectivity index (χ1v) is 6.11. The van der Waals surface area contributed by atoms with Crippen LogP contribution in [-0.2, 0) is 0 Å². The summed E-state index contributed by atoms with van der Waals surface area (Å²) in [7, 11) is 0. The van der Waals surface area contributed by atoms with Gasteiger partial charge in [-0.25, -0.2) is 10.0 Å². The Morgan fingerprint density at radius 3 is 1.60 bits per heavy atom. The first-order valence-electron chi connectivity index (χ1n) is 6.11. The number of hydrazine groups is 1. The average Bonchev–Trinajstić information content (AvgIpc) is 2.94. The summed E-state index contributed by atoms with van der Waals surface area (Å²) in [6.45, 7) is 9.72. The van der Waals surface area contributed by atoms with Crippen molar-refractivity contribution < 1.29 is 0 Å². The molecule has 0 unspecified atom stereocenters. The van der Waals surface area contributed by atoms with E-state index in [1.807, 2.05) is 12.2 Å². The Balaban J connectivity index is 1.97. The first-order chi connectivity index (χ1) is 7.36. The number of nitrogens with zero attached hydrogens (tertiary/aromatic N) is 2. The Kier molecular flexibility index (Phi) is 3.60. The lowest BCUT2D eigenvalue weighted by molar-refractivity contribution is -0.0737. The van der Waals surface area contributed by atoms with E-state index in [-0.39, 0.29) is 0 Å². The topological polar surface area (TPSA) is 6.48 Å². The van der Waals surface area contributed by atoms with Crippen molar-refractivity contribution in [2.45, 2.75) is 44.2 Å². The third-order valence-electron chi connectivity index (χ3n) is 3.43. The number of hydrogen-bond acceptors (Lipinski definition) is 2. The molecule has 15 heavy (non-hydrogen) atoms. The van der Waals surface area contributed by atoms with E-state index in [0.29, 0.717) is 0 Å². The van der Waals surface area contributed by atoms with Crippen molar-refractivity contribution in [2.24, 2.45) is 0 Å². The molecule has 0 radical (unpaired) electrons. The van der Waals surface area contributed by atoms with E-state index in [0.717, 1.165) is 25.2 Å². The van der Waals surface area contributed by atoms with Crippen LogP contribution < -0.4 is 0 Å². The highest BCUT2D eigenvalue weighted by Gasteiger charge is 2.36. The predicted molar refractivity (Wildman–Crippen MR) is 64.5 cm³/mol. The minimum Gasteiger partial charge on any atom is -0.234 e. The average molecular weight is 206 g/mol. The zero-order valence-corrected chi connectivity index (χ0v) is 9.57. The summed E-state index contributed by atoms with van der Waals surface area (Å²) in [5, 5.41) is 5.04. The summed E-state index contributed by atoms with van der Waals surface area (Å²) in [5.74, 6) is 0. The maximum Gasteiger partial charge on any atom is 0.0314 e. The molecule has 0 bridgehead atoms. The summed E-state index contributed by atoms with van der Waals surface area (Å²) in [4.78, 5) is 0. The minimum absolute atomic E-state index is 0.767. The molecule has 0 aromatic rings. The summed E-state index contributed by atoms with van der Waals surface area (Å²) < 4.78 is 0. The molecule has 0 aliphatic heterocycles. The Morgan fingerprint density at radius 2 is 1.33 bits per heavy atom. The predicted octanol–water partition coefficient (Wildman–Crippen LogP) is 2.59. The van der Waals surface area contributed by atoms with Crippen LogP contribution >= 0.6 is 0 Å². The SMILES string of the molecule is C=CCN(C1CCC1)N(CC=C)C1CC1. The molecule has 2 fully saturated rings. The van der Waals surface area contributed by atoms with Gasteiger partial charge in [-0.2, -0.15) is 0 Å². The monoisotopic (exact) mass is 206 g/mol. The molecule has 2 aliphatic rings. The van der Waals surface area contributed by atoms with Crippen molar-refractivity contribution in [1.82, 2.24) is 10.0 Å². The zero-order chi connectivity index (χ0) is 10.7. The van der Waals surface area contributed by atoms with Crippen LogP contribution in [0.1, 0.15) is 32.1 Å². The lowest BCUT2D eigenvalue weighted by Crippen LogP contribution is -2.52. The first kappa shape index (κ1) is 10.9. The Hall–Kier alpha value is -0.600. The molecule has 0 aromatic carbocycles. The van der Waals surface area contributed by atoms with Gasteiger partial charge in [0, 0.05) is 25.2 Å². The zero-order valence-electron chi connectivity index (χ0n) is 9.57. The van der Waals surface area contributed by atoms with E-state index in [1.165, 1.54) is 32.1 Å². The third kappa shape index (κ3) is 2.50. The Labute approximate surface area is 93.2 Å². The fraction of sp³-hybridized carbons (Fsp3) is 0.692. The van der Waals surface area contributed by atoms with E-state index in [2.05, 4.69) is 23.2 Å². The van der Waals surface area contributed by atoms with Gasteiger partial charge in [0.25, 0.3) is 0 Å². The summed E-state index contributed by atoms with van der Waals surface area (Å²) in [6, 6.07) is 1.55. The van der Waals surface area contributed by atoms with Gasteiger partial charge in [-0.3, -0.25) is 0 Å². The highest BCUT2D eigenvalue weighted by atomic mass is 15.7. The molecule has 0 N–H and O–H groups in total. The molecule has 0 amide bonds. The van der Waals surface area contributed by atoms with Crippen LogP contribution in [0.4, 0.5) is 0 Å². The van der Waals surface area contributed by atoms with Crippen LogP contribution in [0.25, 0.3) is 0 Å². The molecule has 0 saturated heterocycles. The van der Waals surface area contributed by atoms with Gasteiger partial charge < -0.3 is 0 Å². The number of hydrogen-bond donors (Lipinski definition) is 0. The fourth-order valence-corrected chi connectivity index (χ4v) is 2.25. The van der Waals surface area contributed by atoms with Gasteiger partial charge >= 0.3 is 0 Å². The Morgan fingerprint density at radius 1 is 0.867 bits per heavy atom. The van der Waals surface area contributed by atoms with Gasteiger partial charge in [0.2, 0.25) is 0 Å².